The summed E-state index contributed by atoms with van der Waals surface area (Å²) in [5, 5.41) is 8.50. The van der Waals surface area contributed by atoms with Crippen LogP contribution in [-0.4, -0.2) is 17.7 Å². The van der Waals surface area contributed by atoms with Gasteiger partial charge in [0.1, 0.15) is 12.3 Å². The second-order valence-electron chi connectivity index (χ2n) is 4.58. The first-order chi connectivity index (χ1) is 10.8. The molecule has 0 aliphatic heterocycles. The maximum absolute atomic E-state index is 11.8. The smallest absolute Gasteiger partial charge is 0.252 e. The summed E-state index contributed by atoms with van der Waals surface area (Å²) in [6, 6.07) is 15.3. The van der Waals surface area contributed by atoms with Gasteiger partial charge in [-0.1, -0.05) is 41.6 Å². The van der Waals surface area contributed by atoms with Gasteiger partial charge < -0.3 is 9.26 Å². The van der Waals surface area contributed by atoms with Crippen LogP contribution >= 0.6 is 11.3 Å². The number of amides is 1. The quantitative estimate of drug-likeness (QED) is 0.755. The Morgan fingerprint density at radius 1 is 1.23 bits per heavy atom. The predicted molar refractivity (Wildman–Crippen MR) is 84.5 cm³/mol. The molecule has 3 rings (SSSR count). The molecule has 0 aliphatic rings. The van der Waals surface area contributed by atoms with E-state index < -0.39 is 0 Å². The van der Waals surface area contributed by atoms with E-state index in [1.165, 1.54) is 0 Å². The summed E-state index contributed by atoms with van der Waals surface area (Å²) in [6.07, 6.45) is 0. The summed E-state index contributed by atoms with van der Waals surface area (Å²) in [7, 11) is 0. The number of carbonyl (C=O) groups excluding carboxylic acids is 1. The number of carbonyl (C=O) groups is 1. The number of aromatic nitrogens is 1. The highest BCUT2D eigenvalue weighted by molar-refractivity contribution is 7.13. The van der Waals surface area contributed by atoms with Crippen LogP contribution in [0.15, 0.2) is 58.4 Å². The Balaban J connectivity index is 1.48. The van der Waals surface area contributed by atoms with Gasteiger partial charge in [0.25, 0.3) is 5.91 Å². The first-order valence-electron chi connectivity index (χ1n) is 6.73. The van der Waals surface area contributed by atoms with Gasteiger partial charge in [0.05, 0.1) is 11.5 Å². The van der Waals surface area contributed by atoms with Crippen LogP contribution in [0.3, 0.4) is 0 Å². The monoisotopic (exact) mass is 314 g/mol. The molecule has 0 bridgehead atoms. The van der Waals surface area contributed by atoms with Crippen molar-refractivity contribution in [3.8, 4) is 10.6 Å². The van der Waals surface area contributed by atoms with Crippen LogP contribution in [0, 0.1) is 0 Å². The first kappa shape index (κ1) is 14.5. The third-order valence-corrected chi connectivity index (χ3v) is 3.78. The minimum Gasteiger partial charge on any atom is -0.367 e. The molecule has 1 amide bonds. The third-order valence-electron chi connectivity index (χ3n) is 2.89. The minimum atomic E-state index is -0.273. The van der Waals surface area contributed by atoms with E-state index in [9.17, 15) is 4.79 Å². The summed E-state index contributed by atoms with van der Waals surface area (Å²) >= 11 is 1.56. The number of nitrogens with zero attached hydrogens (tertiary/aromatic N) is 1. The Morgan fingerprint density at radius 3 is 2.86 bits per heavy atom. The molecule has 1 aromatic carbocycles. The molecule has 0 saturated carbocycles. The van der Waals surface area contributed by atoms with Crippen LogP contribution in [0.5, 0.6) is 0 Å². The summed E-state index contributed by atoms with van der Waals surface area (Å²) in [6.45, 7) is 0.356. The van der Waals surface area contributed by atoms with Gasteiger partial charge in [-0.2, -0.15) is 0 Å². The molecule has 22 heavy (non-hydrogen) atoms. The number of hydrogen-bond donors (Lipinski definition) is 1. The van der Waals surface area contributed by atoms with Crippen molar-refractivity contribution in [1.29, 1.82) is 0 Å². The Morgan fingerprint density at radius 2 is 2.09 bits per heavy atom. The molecular formula is C16H14N2O3S. The van der Waals surface area contributed by atoms with Gasteiger partial charge in [0.15, 0.2) is 0 Å². The molecule has 0 unspecified atom stereocenters. The van der Waals surface area contributed by atoms with Crippen LogP contribution in [0.25, 0.3) is 10.6 Å². The number of ether oxygens (including phenoxy) is 1. The lowest BCUT2D eigenvalue weighted by atomic mass is 10.2. The largest absolute Gasteiger partial charge is 0.367 e. The zero-order valence-corrected chi connectivity index (χ0v) is 12.5. The van der Waals surface area contributed by atoms with Gasteiger partial charge in [-0.15, -0.1) is 11.3 Å². The Bertz CT molecular complexity index is 723. The number of anilines is 1. The fraction of sp³-hybridized carbons (Fsp3) is 0.125. The number of benzene rings is 1. The zero-order valence-electron chi connectivity index (χ0n) is 11.7. The van der Waals surface area contributed by atoms with Gasteiger partial charge in [0, 0.05) is 6.07 Å². The topological polar surface area (TPSA) is 64.4 Å². The highest BCUT2D eigenvalue weighted by atomic mass is 32.1. The predicted octanol–water partition coefficient (Wildman–Crippen LogP) is 3.56. The van der Waals surface area contributed by atoms with E-state index in [-0.39, 0.29) is 12.5 Å². The summed E-state index contributed by atoms with van der Waals surface area (Å²) in [5.41, 5.74) is 1.73. The van der Waals surface area contributed by atoms with Gasteiger partial charge in [-0.05, 0) is 17.0 Å². The minimum absolute atomic E-state index is 0.0378. The lowest BCUT2D eigenvalue weighted by Crippen LogP contribution is -2.17. The third kappa shape index (κ3) is 3.81. The van der Waals surface area contributed by atoms with Gasteiger partial charge in [-0.3, -0.25) is 10.1 Å². The van der Waals surface area contributed by atoms with Crippen molar-refractivity contribution in [3.05, 3.63) is 59.5 Å². The molecule has 2 aromatic heterocycles. The lowest BCUT2D eigenvalue weighted by molar-refractivity contribution is -0.121. The van der Waals surface area contributed by atoms with Crippen LogP contribution < -0.4 is 5.32 Å². The molecule has 5 nitrogen and oxygen atoms in total. The second-order valence-corrected chi connectivity index (χ2v) is 5.53. The molecule has 0 spiro atoms. The molecular weight excluding hydrogens is 300 g/mol. The van der Waals surface area contributed by atoms with E-state index in [1.54, 1.807) is 17.4 Å². The SMILES string of the molecule is O=C(COCc1ccccc1)Nc1cc(-c2cccs2)no1. The molecule has 0 fully saturated rings. The number of hydrogen-bond acceptors (Lipinski definition) is 5. The molecule has 0 atom stereocenters. The molecule has 0 aliphatic carbocycles. The average Bonchev–Trinajstić information content (AvgIpc) is 3.19. The van der Waals surface area contributed by atoms with Crippen LogP contribution in [0.4, 0.5) is 5.88 Å². The molecule has 0 saturated heterocycles. The number of thiophene rings is 1. The van der Waals surface area contributed by atoms with Gasteiger partial charge >= 0.3 is 0 Å². The second kappa shape index (κ2) is 7.02. The first-order valence-corrected chi connectivity index (χ1v) is 7.61. The lowest BCUT2D eigenvalue weighted by Gasteiger charge is -2.03. The Labute approximate surface area is 131 Å². The number of rotatable bonds is 6. The molecule has 3 aromatic rings. The van der Waals surface area contributed by atoms with E-state index in [0.29, 0.717) is 18.2 Å². The highest BCUT2D eigenvalue weighted by Crippen LogP contribution is 2.25. The molecule has 112 valence electrons. The highest BCUT2D eigenvalue weighted by Gasteiger charge is 2.10. The maximum Gasteiger partial charge on any atom is 0.252 e. The summed E-state index contributed by atoms with van der Waals surface area (Å²) in [4.78, 5) is 12.8. The van der Waals surface area contributed by atoms with Crippen LogP contribution in [0.2, 0.25) is 0 Å². The summed E-state index contributed by atoms with van der Waals surface area (Å²) < 4.78 is 10.5. The maximum atomic E-state index is 11.8. The van der Waals surface area contributed by atoms with Crippen molar-refractivity contribution < 1.29 is 14.1 Å². The van der Waals surface area contributed by atoms with Crippen LogP contribution in [-0.2, 0) is 16.1 Å². The fourth-order valence-electron chi connectivity index (χ4n) is 1.88. The summed E-state index contributed by atoms with van der Waals surface area (Å²) in [5.74, 6) is 0.0431. The molecule has 2 heterocycles. The van der Waals surface area contributed by atoms with Crippen molar-refractivity contribution in [1.82, 2.24) is 5.16 Å². The van der Waals surface area contributed by atoms with Gasteiger partial charge in [0.2, 0.25) is 5.88 Å². The standard InChI is InChI=1S/C16H14N2O3S/c19-15(11-20-10-12-5-2-1-3-6-12)17-16-9-13(18-21-16)14-7-4-8-22-14/h1-9H,10-11H2,(H,17,19). The zero-order chi connectivity index (χ0) is 15.2. The van der Waals surface area contributed by atoms with Crippen molar-refractivity contribution in [3.63, 3.8) is 0 Å². The van der Waals surface area contributed by atoms with E-state index in [2.05, 4.69) is 10.5 Å². The van der Waals surface area contributed by atoms with E-state index in [4.69, 9.17) is 9.26 Å². The average molecular weight is 314 g/mol. The van der Waals surface area contributed by atoms with E-state index in [0.717, 1.165) is 10.4 Å². The molecule has 6 heteroatoms. The van der Waals surface area contributed by atoms with Crippen molar-refractivity contribution in [2.45, 2.75) is 6.61 Å². The van der Waals surface area contributed by atoms with Gasteiger partial charge in [-0.25, -0.2) is 0 Å². The van der Waals surface area contributed by atoms with Crippen molar-refractivity contribution >= 4 is 23.1 Å². The van der Waals surface area contributed by atoms with E-state index >= 15 is 0 Å². The Kier molecular flexibility index (Phi) is 4.62. The molecule has 1 N–H and O–H groups in total. The van der Waals surface area contributed by atoms with Crippen molar-refractivity contribution in [2.24, 2.45) is 0 Å². The fourth-order valence-corrected chi connectivity index (χ4v) is 2.56. The Hall–Kier alpha value is -2.44. The number of nitrogens with one attached hydrogen (secondary N) is 1. The normalized spacial score (nSPS) is 10.5. The van der Waals surface area contributed by atoms with Crippen LogP contribution in [0.1, 0.15) is 5.56 Å². The molecule has 0 radical (unpaired) electrons. The van der Waals surface area contributed by atoms with Crippen molar-refractivity contribution in [2.75, 3.05) is 11.9 Å². The van der Waals surface area contributed by atoms with E-state index in [1.807, 2.05) is 47.8 Å².